The minimum atomic E-state index is -0.114. The van der Waals surface area contributed by atoms with E-state index in [9.17, 15) is 9.59 Å². The highest BCUT2D eigenvalue weighted by molar-refractivity contribution is 9.10. The van der Waals surface area contributed by atoms with E-state index >= 15 is 0 Å². The molecule has 0 radical (unpaired) electrons. The lowest BCUT2D eigenvalue weighted by Crippen LogP contribution is -2.46. The Hall–Kier alpha value is -2.71. The molecule has 6 nitrogen and oxygen atoms in total. The van der Waals surface area contributed by atoms with Crippen molar-refractivity contribution in [3.8, 4) is 10.4 Å². The van der Waals surface area contributed by atoms with Gasteiger partial charge in [-0.15, -0.1) is 11.3 Å². The lowest BCUT2D eigenvalue weighted by molar-refractivity contribution is -0.126. The van der Waals surface area contributed by atoms with E-state index in [1.807, 2.05) is 29.2 Å². The van der Waals surface area contributed by atoms with Crippen LogP contribution in [0.1, 0.15) is 28.1 Å². The Labute approximate surface area is 193 Å². The number of thiophene rings is 1. The van der Waals surface area contributed by atoms with Crippen molar-refractivity contribution in [2.24, 2.45) is 7.05 Å². The van der Waals surface area contributed by atoms with Crippen molar-refractivity contribution in [2.75, 3.05) is 13.1 Å². The second-order valence-electron chi connectivity index (χ2n) is 7.52. The summed E-state index contributed by atoms with van der Waals surface area (Å²) in [6, 6.07) is 12.4. The molecule has 1 aromatic carbocycles. The minimum absolute atomic E-state index is 0.00984. The topological polar surface area (TPSA) is 67.2 Å². The van der Waals surface area contributed by atoms with Crippen LogP contribution in [0.3, 0.4) is 0 Å². The predicted octanol–water partition coefficient (Wildman–Crippen LogP) is 4.35. The molecule has 1 aliphatic rings. The molecule has 1 saturated heterocycles. The molecule has 0 unspecified atom stereocenters. The van der Waals surface area contributed by atoms with Crippen molar-refractivity contribution >= 4 is 45.2 Å². The number of rotatable bonds is 5. The standard InChI is InChI=1S/C23H23BrN4O2S/c1-27-15-17(14-25-27)23(30)26-19-10-12-28(13-11-19)22(29)9-7-20-6-8-21(31-20)16-2-4-18(24)5-3-16/h2-9,14-15,19H,10-13H2,1H3,(H,26,30)/b9-7+. The number of nitrogens with zero attached hydrogens (tertiary/aromatic N) is 3. The number of carbonyl (C=O) groups excluding carboxylic acids is 2. The largest absolute Gasteiger partial charge is 0.349 e. The van der Waals surface area contributed by atoms with E-state index in [2.05, 4.69) is 44.5 Å². The van der Waals surface area contributed by atoms with Crippen LogP contribution < -0.4 is 5.32 Å². The summed E-state index contributed by atoms with van der Waals surface area (Å²) in [6.07, 6.45) is 8.28. The molecule has 2 amide bonds. The maximum atomic E-state index is 12.6. The number of piperidine rings is 1. The Kier molecular flexibility index (Phi) is 6.67. The van der Waals surface area contributed by atoms with Crippen molar-refractivity contribution in [1.82, 2.24) is 20.0 Å². The second kappa shape index (κ2) is 9.62. The molecule has 1 fully saturated rings. The minimum Gasteiger partial charge on any atom is -0.349 e. The smallest absolute Gasteiger partial charge is 0.254 e. The highest BCUT2D eigenvalue weighted by Crippen LogP contribution is 2.29. The van der Waals surface area contributed by atoms with Gasteiger partial charge in [0.2, 0.25) is 5.91 Å². The third-order valence-corrected chi connectivity index (χ3v) is 6.88. The van der Waals surface area contributed by atoms with Gasteiger partial charge < -0.3 is 10.2 Å². The summed E-state index contributed by atoms with van der Waals surface area (Å²) in [6.45, 7) is 1.27. The summed E-state index contributed by atoms with van der Waals surface area (Å²) in [7, 11) is 1.78. The molecular weight excluding hydrogens is 476 g/mol. The van der Waals surface area contributed by atoms with Crippen molar-refractivity contribution < 1.29 is 9.59 Å². The van der Waals surface area contributed by atoms with Crippen LogP contribution in [0.4, 0.5) is 0 Å². The van der Waals surface area contributed by atoms with Crippen LogP contribution >= 0.6 is 27.3 Å². The van der Waals surface area contributed by atoms with Gasteiger partial charge in [0.1, 0.15) is 0 Å². The van der Waals surface area contributed by atoms with Crippen molar-refractivity contribution in [3.63, 3.8) is 0 Å². The molecule has 1 N–H and O–H groups in total. The van der Waals surface area contributed by atoms with E-state index in [-0.39, 0.29) is 17.9 Å². The lowest BCUT2D eigenvalue weighted by Gasteiger charge is -2.31. The zero-order valence-electron chi connectivity index (χ0n) is 17.1. The van der Waals surface area contributed by atoms with Gasteiger partial charge >= 0.3 is 0 Å². The SMILES string of the molecule is Cn1cc(C(=O)NC2CCN(C(=O)/C=C/c3ccc(-c4ccc(Br)cc4)s3)CC2)cn1. The first kappa shape index (κ1) is 21.5. The Morgan fingerprint density at radius 3 is 2.58 bits per heavy atom. The summed E-state index contributed by atoms with van der Waals surface area (Å²) < 4.78 is 2.66. The summed E-state index contributed by atoms with van der Waals surface area (Å²) >= 11 is 5.11. The first-order valence-electron chi connectivity index (χ1n) is 10.1. The number of likely N-dealkylation sites (tertiary alicyclic amines) is 1. The monoisotopic (exact) mass is 498 g/mol. The fourth-order valence-electron chi connectivity index (χ4n) is 3.52. The molecule has 0 saturated carbocycles. The number of hydrogen-bond donors (Lipinski definition) is 1. The maximum absolute atomic E-state index is 12.6. The van der Waals surface area contributed by atoms with E-state index in [1.54, 1.807) is 41.5 Å². The van der Waals surface area contributed by atoms with Crippen LogP contribution in [0.25, 0.3) is 16.5 Å². The molecule has 4 rings (SSSR count). The number of carbonyl (C=O) groups is 2. The zero-order valence-corrected chi connectivity index (χ0v) is 19.5. The first-order valence-corrected chi connectivity index (χ1v) is 11.7. The third kappa shape index (κ3) is 5.51. The van der Waals surface area contributed by atoms with Crippen LogP contribution in [0, 0.1) is 0 Å². The summed E-state index contributed by atoms with van der Waals surface area (Å²) in [5, 5.41) is 7.07. The van der Waals surface area contributed by atoms with Gasteiger partial charge in [0.25, 0.3) is 5.91 Å². The summed E-state index contributed by atoms with van der Waals surface area (Å²) in [4.78, 5) is 28.9. The highest BCUT2D eigenvalue weighted by Gasteiger charge is 2.23. The van der Waals surface area contributed by atoms with Crippen LogP contribution in [0.15, 0.2) is 59.3 Å². The molecule has 160 valence electrons. The van der Waals surface area contributed by atoms with Crippen LogP contribution in [0.2, 0.25) is 0 Å². The normalized spacial score (nSPS) is 14.8. The molecule has 3 aromatic rings. The zero-order chi connectivity index (χ0) is 21.8. The number of aryl methyl sites for hydroxylation is 1. The van der Waals surface area contributed by atoms with Gasteiger partial charge in [0.15, 0.2) is 0 Å². The summed E-state index contributed by atoms with van der Waals surface area (Å²) in [5.41, 5.74) is 1.72. The fourth-order valence-corrected chi connectivity index (χ4v) is 4.70. The lowest BCUT2D eigenvalue weighted by atomic mass is 10.0. The van der Waals surface area contributed by atoms with Crippen molar-refractivity contribution in [3.05, 3.63) is 69.8 Å². The van der Waals surface area contributed by atoms with E-state index in [4.69, 9.17) is 0 Å². The van der Waals surface area contributed by atoms with Gasteiger partial charge in [-0.05, 0) is 48.7 Å². The van der Waals surface area contributed by atoms with Crippen LogP contribution in [0.5, 0.6) is 0 Å². The van der Waals surface area contributed by atoms with Gasteiger partial charge in [0, 0.05) is 52.7 Å². The highest BCUT2D eigenvalue weighted by atomic mass is 79.9. The third-order valence-electron chi connectivity index (χ3n) is 5.25. The molecular formula is C23H23BrN4O2S. The Morgan fingerprint density at radius 1 is 1.16 bits per heavy atom. The molecule has 2 aromatic heterocycles. The number of hydrogen-bond acceptors (Lipinski definition) is 4. The number of halogens is 1. The van der Waals surface area contributed by atoms with Gasteiger partial charge in [-0.3, -0.25) is 14.3 Å². The van der Waals surface area contributed by atoms with Crippen molar-refractivity contribution in [1.29, 1.82) is 0 Å². The molecule has 0 atom stereocenters. The van der Waals surface area contributed by atoms with Gasteiger partial charge in [0.05, 0.1) is 11.8 Å². The molecule has 0 spiro atoms. The average Bonchev–Trinajstić information content (AvgIpc) is 3.42. The number of nitrogens with one attached hydrogen (secondary N) is 1. The second-order valence-corrected chi connectivity index (χ2v) is 9.55. The maximum Gasteiger partial charge on any atom is 0.254 e. The number of benzene rings is 1. The Morgan fingerprint density at radius 2 is 1.90 bits per heavy atom. The molecule has 31 heavy (non-hydrogen) atoms. The van der Waals surface area contributed by atoms with Gasteiger partial charge in [-0.25, -0.2) is 0 Å². The molecule has 1 aliphatic heterocycles. The summed E-state index contributed by atoms with van der Waals surface area (Å²) in [5.74, 6) is -0.104. The van der Waals surface area contributed by atoms with E-state index in [1.165, 1.54) is 4.88 Å². The molecule has 0 bridgehead atoms. The fraction of sp³-hybridized carbons (Fsp3) is 0.261. The Balaban J connectivity index is 1.27. The first-order chi connectivity index (χ1) is 15.0. The molecule has 8 heteroatoms. The number of amides is 2. The average molecular weight is 499 g/mol. The van der Waals surface area contributed by atoms with E-state index in [0.29, 0.717) is 18.7 Å². The van der Waals surface area contributed by atoms with Gasteiger partial charge in [-0.1, -0.05) is 28.1 Å². The van der Waals surface area contributed by atoms with Gasteiger partial charge in [-0.2, -0.15) is 5.10 Å². The molecule has 3 heterocycles. The molecule has 0 aliphatic carbocycles. The van der Waals surface area contributed by atoms with Crippen molar-refractivity contribution in [2.45, 2.75) is 18.9 Å². The number of aromatic nitrogens is 2. The van der Waals surface area contributed by atoms with E-state index < -0.39 is 0 Å². The van der Waals surface area contributed by atoms with Crippen LogP contribution in [-0.4, -0.2) is 45.6 Å². The predicted molar refractivity (Wildman–Crippen MR) is 127 cm³/mol. The quantitative estimate of drug-likeness (QED) is 0.531. The van der Waals surface area contributed by atoms with E-state index in [0.717, 1.165) is 27.8 Å². The van der Waals surface area contributed by atoms with Crippen LogP contribution in [-0.2, 0) is 11.8 Å². The Bertz CT molecular complexity index is 1090.